The van der Waals surface area contributed by atoms with Crippen LogP contribution in [0.3, 0.4) is 0 Å². The SMILES string of the molecule is C=NCN1CCC(n2cc(Nc3ncc(C(F)(F)F)c(CCc4ccccc4CC(N)=O)n3)cn2)CC1. The van der Waals surface area contributed by atoms with E-state index in [0.717, 1.165) is 37.7 Å². The lowest BCUT2D eigenvalue weighted by Crippen LogP contribution is -2.34. The van der Waals surface area contributed by atoms with E-state index in [-0.39, 0.29) is 36.9 Å². The molecule has 1 amide bonds. The second-order valence-corrected chi connectivity index (χ2v) is 9.01. The monoisotopic (exact) mass is 514 g/mol. The molecular formula is C25H29F3N8O. The fourth-order valence-electron chi connectivity index (χ4n) is 4.52. The summed E-state index contributed by atoms with van der Waals surface area (Å²) in [5.41, 5.74) is 6.32. The highest BCUT2D eigenvalue weighted by atomic mass is 19.4. The number of aliphatic imine (C=N–C) groups is 1. The number of likely N-dealkylation sites (tertiary alicyclic amines) is 1. The lowest BCUT2D eigenvalue weighted by molar-refractivity contribution is -0.138. The fourth-order valence-corrected chi connectivity index (χ4v) is 4.52. The highest BCUT2D eigenvalue weighted by Gasteiger charge is 2.35. The zero-order valence-electron chi connectivity index (χ0n) is 20.3. The van der Waals surface area contributed by atoms with Crippen LogP contribution in [0.4, 0.5) is 24.8 Å². The average Bonchev–Trinajstić information content (AvgIpc) is 3.31. The molecule has 0 saturated carbocycles. The Morgan fingerprint density at radius 2 is 1.89 bits per heavy atom. The van der Waals surface area contributed by atoms with Crippen molar-refractivity contribution in [3.05, 3.63) is 65.2 Å². The first kappa shape index (κ1) is 26.3. The molecule has 1 aliphatic rings. The minimum absolute atomic E-state index is 0.0131. The predicted molar refractivity (Wildman–Crippen MR) is 134 cm³/mol. The molecule has 9 nitrogen and oxygen atoms in total. The largest absolute Gasteiger partial charge is 0.419 e. The van der Waals surface area contributed by atoms with Crippen molar-refractivity contribution in [2.75, 3.05) is 25.1 Å². The third kappa shape index (κ3) is 6.91. The molecule has 37 heavy (non-hydrogen) atoms. The summed E-state index contributed by atoms with van der Waals surface area (Å²) in [4.78, 5) is 25.6. The maximum Gasteiger partial charge on any atom is 0.419 e. The minimum atomic E-state index is -4.60. The van der Waals surface area contributed by atoms with E-state index in [1.807, 2.05) is 10.9 Å². The van der Waals surface area contributed by atoms with Gasteiger partial charge in [0.25, 0.3) is 0 Å². The molecule has 0 unspecified atom stereocenters. The van der Waals surface area contributed by atoms with Crippen LogP contribution in [0, 0.1) is 0 Å². The number of amides is 1. The van der Waals surface area contributed by atoms with Gasteiger partial charge in [0.15, 0.2) is 0 Å². The number of halogens is 3. The lowest BCUT2D eigenvalue weighted by atomic mass is 9.98. The van der Waals surface area contributed by atoms with Crippen LogP contribution in [-0.4, -0.2) is 57.0 Å². The van der Waals surface area contributed by atoms with Crippen molar-refractivity contribution < 1.29 is 18.0 Å². The quantitative estimate of drug-likeness (QED) is 0.400. The zero-order valence-corrected chi connectivity index (χ0v) is 20.3. The van der Waals surface area contributed by atoms with Crippen LogP contribution >= 0.6 is 0 Å². The van der Waals surface area contributed by atoms with Crippen molar-refractivity contribution in [1.29, 1.82) is 0 Å². The fraction of sp³-hybridized carbons (Fsp3) is 0.400. The lowest BCUT2D eigenvalue weighted by Gasteiger charge is -2.30. The Morgan fingerprint density at radius 1 is 1.16 bits per heavy atom. The van der Waals surface area contributed by atoms with Crippen LogP contribution in [0.1, 0.15) is 41.3 Å². The van der Waals surface area contributed by atoms with E-state index in [1.54, 1.807) is 30.5 Å². The Labute approximate surface area is 212 Å². The molecule has 0 bridgehead atoms. The number of alkyl halides is 3. The second kappa shape index (κ2) is 11.5. The molecule has 196 valence electrons. The van der Waals surface area contributed by atoms with Gasteiger partial charge in [0, 0.05) is 25.5 Å². The molecule has 0 aliphatic carbocycles. The van der Waals surface area contributed by atoms with E-state index < -0.39 is 17.6 Å². The molecule has 3 heterocycles. The predicted octanol–water partition coefficient (Wildman–Crippen LogP) is 3.54. The topological polar surface area (TPSA) is 114 Å². The molecule has 3 aromatic rings. The number of primary amides is 1. The molecule has 1 aromatic carbocycles. The van der Waals surface area contributed by atoms with Gasteiger partial charge in [-0.1, -0.05) is 24.3 Å². The van der Waals surface area contributed by atoms with Crippen molar-refractivity contribution in [2.24, 2.45) is 10.7 Å². The number of benzene rings is 1. The van der Waals surface area contributed by atoms with E-state index >= 15 is 0 Å². The number of piperidine rings is 1. The van der Waals surface area contributed by atoms with Crippen LogP contribution in [0.2, 0.25) is 0 Å². The van der Waals surface area contributed by atoms with Gasteiger partial charge < -0.3 is 11.1 Å². The molecule has 0 radical (unpaired) electrons. The molecule has 1 saturated heterocycles. The Morgan fingerprint density at radius 3 is 2.57 bits per heavy atom. The standard InChI is InChI=1S/C25H29F3N8O/c1-30-16-35-10-8-20(9-11-35)36-15-19(13-32-36)33-24-31-14-21(25(26,27)28)22(34-24)7-6-17-4-2-3-5-18(17)12-23(29)37/h2-5,13-15,20H,1,6-12,16H2,(H2,29,37)(H,31,33,34). The minimum Gasteiger partial charge on any atom is -0.369 e. The number of anilines is 2. The van der Waals surface area contributed by atoms with Crippen LogP contribution in [-0.2, 0) is 30.2 Å². The van der Waals surface area contributed by atoms with E-state index in [2.05, 4.69) is 37.0 Å². The highest BCUT2D eigenvalue weighted by molar-refractivity contribution is 5.77. The summed E-state index contributed by atoms with van der Waals surface area (Å²) >= 11 is 0. The molecule has 1 aliphatic heterocycles. The second-order valence-electron chi connectivity index (χ2n) is 9.01. The number of nitrogens with one attached hydrogen (secondary N) is 1. The van der Waals surface area contributed by atoms with Gasteiger partial charge in [-0.2, -0.15) is 18.3 Å². The normalized spacial score (nSPS) is 15.0. The molecule has 12 heteroatoms. The summed E-state index contributed by atoms with van der Waals surface area (Å²) in [5, 5.41) is 7.40. The van der Waals surface area contributed by atoms with E-state index in [0.29, 0.717) is 17.9 Å². The number of hydrogen-bond acceptors (Lipinski definition) is 7. The smallest absolute Gasteiger partial charge is 0.369 e. The Bertz CT molecular complexity index is 1230. The van der Waals surface area contributed by atoms with E-state index in [1.165, 1.54) is 0 Å². The van der Waals surface area contributed by atoms with Crippen LogP contribution < -0.4 is 11.1 Å². The maximum absolute atomic E-state index is 13.7. The van der Waals surface area contributed by atoms with Gasteiger partial charge in [-0.3, -0.25) is 19.4 Å². The van der Waals surface area contributed by atoms with E-state index in [9.17, 15) is 18.0 Å². The molecule has 0 atom stereocenters. The Balaban J connectivity index is 1.48. The number of carbonyl (C=O) groups excluding carboxylic acids is 1. The van der Waals surface area contributed by atoms with Crippen LogP contribution in [0.25, 0.3) is 0 Å². The number of aryl methyl sites for hydroxylation is 2. The van der Waals surface area contributed by atoms with Gasteiger partial charge >= 0.3 is 6.18 Å². The van der Waals surface area contributed by atoms with Gasteiger partial charge in [-0.05, 0) is 43.5 Å². The molecule has 2 aromatic heterocycles. The summed E-state index contributed by atoms with van der Waals surface area (Å²) in [6, 6.07) is 7.28. The molecule has 4 rings (SSSR count). The maximum atomic E-state index is 13.7. The Hall–Kier alpha value is -3.80. The van der Waals surface area contributed by atoms with Gasteiger partial charge in [-0.25, -0.2) is 9.97 Å². The number of carbonyl (C=O) groups is 1. The number of aromatic nitrogens is 4. The van der Waals surface area contributed by atoms with Crippen molar-refractivity contribution >= 4 is 24.3 Å². The van der Waals surface area contributed by atoms with E-state index in [4.69, 9.17) is 5.73 Å². The molecule has 1 fully saturated rings. The highest BCUT2D eigenvalue weighted by Crippen LogP contribution is 2.32. The average molecular weight is 515 g/mol. The van der Waals surface area contributed by atoms with Crippen LogP contribution in [0.15, 0.2) is 47.8 Å². The number of nitrogens with two attached hydrogens (primary N) is 1. The summed E-state index contributed by atoms with van der Waals surface area (Å²) in [7, 11) is 0. The van der Waals surface area contributed by atoms with Gasteiger partial charge in [0.1, 0.15) is 0 Å². The summed E-state index contributed by atoms with van der Waals surface area (Å²) < 4.78 is 42.9. The number of hydrogen-bond donors (Lipinski definition) is 2. The van der Waals surface area contributed by atoms with Gasteiger partial charge in [0.05, 0.1) is 42.3 Å². The van der Waals surface area contributed by atoms with Crippen molar-refractivity contribution in [3.63, 3.8) is 0 Å². The molecule has 3 N–H and O–H groups in total. The first-order valence-corrected chi connectivity index (χ1v) is 12.0. The molecule has 0 spiro atoms. The van der Waals surface area contributed by atoms with Crippen LogP contribution in [0.5, 0.6) is 0 Å². The zero-order chi connectivity index (χ0) is 26.4. The Kier molecular flexibility index (Phi) is 8.17. The van der Waals surface area contributed by atoms with Crippen molar-refractivity contribution in [2.45, 2.75) is 44.3 Å². The first-order valence-electron chi connectivity index (χ1n) is 12.0. The van der Waals surface area contributed by atoms with Crippen molar-refractivity contribution in [1.82, 2.24) is 24.6 Å². The molecular weight excluding hydrogens is 485 g/mol. The first-order chi connectivity index (χ1) is 17.7. The summed E-state index contributed by atoms with van der Waals surface area (Å²) in [5.74, 6) is -0.448. The number of rotatable bonds is 10. The summed E-state index contributed by atoms with van der Waals surface area (Å²) in [6.07, 6.45) is 1.75. The van der Waals surface area contributed by atoms with Gasteiger partial charge in [-0.15, -0.1) is 0 Å². The summed E-state index contributed by atoms with van der Waals surface area (Å²) in [6.45, 7) is 5.92. The third-order valence-electron chi connectivity index (χ3n) is 6.38. The van der Waals surface area contributed by atoms with Gasteiger partial charge in [0.2, 0.25) is 11.9 Å². The van der Waals surface area contributed by atoms with Crippen molar-refractivity contribution in [3.8, 4) is 0 Å². The number of nitrogens with zero attached hydrogens (tertiary/aromatic N) is 6. The third-order valence-corrected chi connectivity index (χ3v) is 6.38.